The van der Waals surface area contributed by atoms with Gasteiger partial charge in [-0.1, -0.05) is 0 Å². The third-order valence-electron chi connectivity index (χ3n) is 3.35. The molecule has 6 atom stereocenters. The number of ether oxygens (including phenoxy) is 3. The monoisotopic (exact) mass is 293 g/mol. The largest absolute Gasteiger partial charge is 0.396 e. The van der Waals surface area contributed by atoms with Crippen molar-refractivity contribution in [1.82, 2.24) is 5.32 Å². The number of rotatable bonds is 6. The van der Waals surface area contributed by atoms with Crippen LogP contribution in [0.4, 0.5) is 0 Å². The predicted molar refractivity (Wildman–Crippen MR) is 67.8 cm³/mol. The predicted octanol–water partition coefficient (Wildman–Crippen LogP) is -2.02. The highest BCUT2D eigenvalue weighted by atomic mass is 16.7. The summed E-state index contributed by atoms with van der Waals surface area (Å²) in [6, 6.07) is -0.743. The Bertz CT molecular complexity index is 314. The van der Waals surface area contributed by atoms with Crippen LogP contribution in [-0.2, 0) is 19.0 Å². The first-order valence-corrected chi connectivity index (χ1v) is 6.44. The summed E-state index contributed by atoms with van der Waals surface area (Å²) in [5.74, 6) is -0.677. The Hall–Kier alpha value is -0.770. The van der Waals surface area contributed by atoms with Crippen LogP contribution >= 0.6 is 0 Å². The van der Waals surface area contributed by atoms with Gasteiger partial charge in [0, 0.05) is 27.2 Å². The first-order chi connectivity index (χ1) is 9.46. The summed E-state index contributed by atoms with van der Waals surface area (Å²) in [6.45, 7) is 1.37. The molecular weight excluding hydrogens is 270 g/mol. The van der Waals surface area contributed by atoms with Crippen molar-refractivity contribution >= 4 is 5.91 Å². The van der Waals surface area contributed by atoms with Crippen LogP contribution in [0.3, 0.4) is 0 Å². The molecule has 1 aliphatic rings. The van der Waals surface area contributed by atoms with Gasteiger partial charge in [-0.15, -0.1) is 0 Å². The van der Waals surface area contributed by atoms with Crippen molar-refractivity contribution < 1.29 is 34.3 Å². The second kappa shape index (κ2) is 7.87. The average Bonchev–Trinajstić information content (AvgIpc) is 2.42. The van der Waals surface area contributed by atoms with E-state index in [2.05, 4.69) is 5.32 Å². The highest BCUT2D eigenvalue weighted by molar-refractivity contribution is 5.80. The molecule has 1 saturated heterocycles. The number of carbonyl (C=O) groups excluding carboxylic acids is 1. The molecule has 0 radical (unpaired) electrons. The summed E-state index contributed by atoms with van der Waals surface area (Å²) in [5.41, 5.74) is 0. The second-order valence-electron chi connectivity index (χ2n) is 4.70. The van der Waals surface area contributed by atoms with Crippen LogP contribution in [0.2, 0.25) is 0 Å². The lowest BCUT2D eigenvalue weighted by Crippen LogP contribution is -2.64. The smallest absolute Gasteiger partial charge is 0.249 e. The van der Waals surface area contributed by atoms with Crippen molar-refractivity contribution in [2.24, 2.45) is 0 Å². The summed E-state index contributed by atoms with van der Waals surface area (Å²) in [7, 11) is 2.83. The van der Waals surface area contributed by atoms with Crippen LogP contribution in [-0.4, -0.2) is 78.8 Å². The maximum absolute atomic E-state index is 11.7. The molecule has 1 amide bonds. The zero-order valence-electron chi connectivity index (χ0n) is 11.9. The Kier molecular flexibility index (Phi) is 6.80. The normalized spacial score (nSPS) is 35.6. The fourth-order valence-corrected chi connectivity index (χ4v) is 2.17. The minimum atomic E-state index is -1.33. The molecule has 1 rings (SSSR count). The van der Waals surface area contributed by atoms with Gasteiger partial charge in [-0.3, -0.25) is 4.79 Å². The van der Waals surface area contributed by atoms with E-state index in [0.717, 1.165) is 0 Å². The Morgan fingerprint density at radius 3 is 2.55 bits per heavy atom. The third kappa shape index (κ3) is 3.87. The van der Waals surface area contributed by atoms with E-state index in [-0.39, 0.29) is 13.0 Å². The number of methoxy groups -OCH3 is 2. The van der Waals surface area contributed by atoms with E-state index < -0.39 is 42.7 Å². The highest BCUT2D eigenvalue weighted by Gasteiger charge is 2.45. The summed E-state index contributed by atoms with van der Waals surface area (Å²) in [5, 5.41) is 30.9. The molecule has 8 nitrogen and oxygen atoms in total. The molecule has 4 N–H and O–H groups in total. The van der Waals surface area contributed by atoms with Crippen LogP contribution in [0.5, 0.6) is 0 Å². The lowest BCUT2D eigenvalue weighted by molar-refractivity contribution is -0.269. The van der Waals surface area contributed by atoms with Gasteiger partial charge in [0.05, 0.1) is 12.1 Å². The topological polar surface area (TPSA) is 117 Å². The fraction of sp³-hybridized carbons (Fsp3) is 0.917. The minimum Gasteiger partial charge on any atom is -0.396 e. The van der Waals surface area contributed by atoms with Crippen LogP contribution in [0.25, 0.3) is 0 Å². The highest BCUT2D eigenvalue weighted by Crippen LogP contribution is 2.23. The number of carbonyl (C=O) groups is 1. The standard InChI is InChI=1S/C12H23NO7/c1-6-8(13-11(17)7(15)4-5-14)9(16)10(18-2)12(19-3)20-6/h6-10,12,14-16H,4-5H2,1-3H3,(H,13,17)/t6-,7-,8-,9+,10+,12-/m1/s1. The van der Waals surface area contributed by atoms with Gasteiger partial charge < -0.3 is 34.8 Å². The number of aliphatic hydroxyl groups is 3. The molecule has 1 heterocycles. The van der Waals surface area contributed by atoms with E-state index >= 15 is 0 Å². The van der Waals surface area contributed by atoms with Gasteiger partial charge in [-0.25, -0.2) is 0 Å². The Balaban J connectivity index is 2.71. The fourth-order valence-electron chi connectivity index (χ4n) is 2.17. The lowest BCUT2D eigenvalue weighted by Gasteiger charge is -2.42. The number of amides is 1. The summed E-state index contributed by atoms with van der Waals surface area (Å²) in [4.78, 5) is 11.7. The van der Waals surface area contributed by atoms with Crippen molar-refractivity contribution in [2.75, 3.05) is 20.8 Å². The van der Waals surface area contributed by atoms with Crippen LogP contribution in [0.15, 0.2) is 0 Å². The zero-order valence-corrected chi connectivity index (χ0v) is 11.9. The van der Waals surface area contributed by atoms with Crippen molar-refractivity contribution in [2.45, 2.75) is 50.1 Å². The van der Waals surface area contributed by atoms with Gasteiger partial charge in [0.15, 0.2) is 6.29 Å². The Labute approximate surface area is 117 Å². The van der Waals surface area contributed by atoms with Gasteiger partial charge in [0.1, 0.15) is 18.3 Å². The van der Waals surface area contributed by atoms with E-state index in [0.29, 0.717) is 0 Å². The van der Waals surface area contributed by atoms with Crippen LogP contribution in [0.1, 0.15) is 13.3 Å². The summed E-state index contributed by atoms with van der Waals surface area (Å²) in [6.07, 6.45) is -4.46. The van der Waals surface area contributed by atoms with Crippen molar-refractivity contribution in [3.05, 3.63) is 0 Å². The first kappa shape index (κ1) is 17.3. The van der Waals surface area contributed by atoms with Crippen molar-refractivity contribution in [3.8, 4) is 0 Å². The molecule has 0 aromatic heterocycles. The molecule has 0 aromatic carbocycles. The zero-order chi connectivity index (χ0) is 15.3. The molecule has 1 fully saturated rings. The van der Waals surface area contributed by atoms with Gasteiger partial charge in [-0.05, 0) is 6.92 Å². The van der Waals surface area contributed by atoms with E-state index in [1.807, 2.05) is 0 Å². The van der Waals surface area contributed by atoms with E-state index in [4.69, 9.17) is 19.3 Å². The molecule has 8 heteroatoms. The Morgan fingerprint density at radius 1 is 1.40 bits per heavy atom. The van der Waals surface area contributed by atoms with E-state index in [9.17, 15) is 15.0 Å². The van der Waals surface area contributed by atoms with Crippen molar-refractivity contribution in [3.63, 3.8) is 0 Å². The number of hydrogen-bond donors (Lipinski definition) is 4. The molecule has 118 valence electrons. The summed E-state index contributed by atoms with van der Waals surface area (Å²) >= 11 is 0. The maximum atomic E-state index is 11.7. The molecule has 0 bridgehead atoms. The maximum Gasteiger partial charge on any atom is 0.249 e. The number of aliphatic hydroxyl groups excluding tert-OH is 3. The molecule has 0 spiro atoms. The lowest BCUT2D eigenvalue weighted by atomic mass is 9.96. The van der Waals surface area contributed by atoms with E-state index in [1.54, 1.807) is 6.92 Å². The molecule has 0 unspecified atom stereocenters. The molecule has 0 aliphatic carbocycles. The average molecular weight is 293 g/mol. The minimum absolute atomic E-state index is 0.0711. The third-order valence-corrected chi connectivity index (χ3v) is 3.35. The molecule has 0 aromatic rings. The second-order valence-corrected chi connectivity index (χ2v) is 4.70. The van der Waals surface area contributed by atoms with Gasteiger partial charge >= 0.3 is 0 Å². The molecule has 1 aliphatic heterocycles. The first-order valence-electron chi connectivity index (χ1n) is 6.44. The van der Waals surface area contributed by atoms with Gasteiger partial charge in [0.2, 0.25) is 5.91 Å². The molecular formula is C12H23NO7. The summed E-state index contributed by atoms with van der Waals surface area (Å²) < 4.78 is 15.7. The number of hydrogen-bond acceptors (Lipinski definition) is 7. The quantitative estimate of drug-likeness (QED) is 0.446. The van der Waals surface area contributed by atoms with Gasteiger partial charge in [0.25, 0.3) is 0 Å². The SMILES string of the molecule is CO[C@@H]1O[C@H](C)[C@@H](NC(=O)[C@H](O)CCO)[C@H](O)[C@@H]1OC. The Morgan fingerprint density at radius 2 is 2.05 bits per heavy atom. The van der Waals surface area contributed by atoms with Crippen molar-refractivity contribution in [1.29, 1.82) is 0 Å². The molecule has 20 heavy (non-hydrogen) atoms. The van der Waals surface area contributed by atoms with Crippen LogP contribution in [0, 0.1) is 0 Å². The van der Waals surface area contributed by atoms with Gasteiger partial charge in [-0.2, -0.15) is 0 Å². The van der Waals surface area contributed by atoms with Crippen LogP contribution < -0.4 is 5.32 Å². The number of nitrogens with one attached hydrogen (secondary N) is 1. The molecule has 0 saturated carbocycles. The van der Waals surface area contributed by atoms with E-state index in [1.165, 1.54) is 14.2 Å².